The lowest BCUT2D eigenvalue weighted by Crippen LogP contribution is -2.33. The zero-order chi connectivity index (χ0) is 15.7. The van der Waals surface area contributed by atoms with Crippen LogP contribution >= 0.6 is 11.6 Å². The van der Waals surface area contributed by atoms with Crippen LogP contribution in [0.3, 0.4) is 0 Å². The Bertz CT molecular complexity index is 795. The van der Waals surface area contributed by atoms with Crippen LogP contribution in [-0.2, 0) is 6.54 Å². The van der Waals surface area contributed by atoms with Gasteiger partial charge in [-0.25, -0.2) is 0 Å². The Kier molecular flexibility index (Phi) is 3.69. The van der Waals surface area contributed by atoms with Gasteiger partial charge in [-0.3, -0.25) is 9.59 Å². The molecule has 0 aromatic heterocycles. The van der Waals surface area contributed by atoms with E-state index in [1.807, 2.05) is 12.1 Å². The molecule has 0 radical (unpaired) electrons. The molecule has 5 heteroatoms. The molecule has 3 N–H and O–H groups in total. The number of hydrogen-bond donors (Lipinski definition) is 2. The van der Waals surface area contributed by atoms with Gasteiger partial charge in [0.1, 0.15) is 11.4 Å². The van der Waals surface area contributed by atoms with Crippen LogP contribution in [0.15, 0.2) is 59.9 Å². The highest BCUT2D eigenvalue weighted by molar-refractivity contribution is 6.30. The number of hydrogen-bond acceptors (Lipinski definition) is 4. The highest BCUT2D eigenvalue weighted by Gasteiger charge is 2.30. The normalized spacial score (nSPS) is 14.0. The van der Waals surface area contributed by atoms with E-state index in [9.17, 15) is 9.59 Å². The van der Waals surface area contributed by atoms with Crippen LogP contribution in [0.5, 0.6) is 0 Å². The van der Waals surface area contributed by atoms with Crippen molar-refractivity contribution in [3.63, 3.8) is 0 Å². The lowest BCUT2D eigenvalue weighted by molar-refractivity contribution is 0.0967. The first kappa shape index (κ1) is 14.4. The molecule has 2 aromatic carbocycles. The van der Waals surface area contributed by atoms with Crippen LogP contribution in [-0.4, -0.2) is 11.6 Å². The van der Waals surface area contributed by atoms with Crippen LogP contribution < -0.4 is 11.1 Å². The lowest BCUT2D eigenvalue weighted by Gasteiger charge is -2.19. The van der Waals surface area contributed by atoms with Gasteiger partial charge in [0.2, 0.25) is 11.6 Å². The highest BCUT2D eigenvalue weighted by atomic mass is 35.5. The summed E-state index contributed by atoms with van der Waals surface area (Å²) >= 11 is 5.83. The summed E-state index contributed by atoms with van der Waals surface area (Å²) in [4.78, 5) is 24.7. The summed E-state index contributed by atoms with van der Waals surface area (Å²) in [6.45, 7) is 0.383. The van der Waals surface area contributed by atoms with Crippen molar-refractivity contribution in [2.45, 2.75) is 6.54 Å². The molecule has 0 aliphatic heterocycles. The molecule has 3 rings (SSSR count). The Morgan fingerprint density at radius 3 is 2.14 bits per heavy atom. The first-order valence-electron chi connectivity index (χ1n) is 6.74. The minimum absolute atomic E-state index is 0.0438. The molecule has 0 fully saturated rings. The van der Waals surface area contributed by atoms with Gasteiger partial charge in [-0.05, 0) is 17.7 Å². The van der Waals surface area contributed by atoms with Gasteiger partial charge in [0.05, 0.1) is 0 Å². The van der Waals surface area contributed by atoms with Gasteiger partial charge in [-0.1, -0.05) is 48.0 Å². The second kappa shape index (κ2) is 5.66. The maximum absolute atomic E-state index is 12.5. The third-order valence-corrected chi connectivity index (χ3v) is 3.79. The lowest BCUT2D eigenvalue weighted by atomic mass is 9.90. The number of ketones is 2. The Morgan fingerprint density at radius 2 is 1.50 bits per heavy atom. The van der Waals surface area contributed by atoms with Crippen LogP contribution in [0.2, 0.25) is 5.02 Å². The van der Waals surface area contributed by atoms with Gasteiger partial charge in [-0.15, -0.1) is 0 Å². The topological polar surface area (TPSA) is 72.2 Å². The van der Waals surface area contributed by atoms with Crippen molar-refractivity contribution in [2.75, 3.05) is 0 Å². The Labute approximate surface area is 132 Å². The molecule has 110 valence electrons. The maximum atomic E-state index is 12.5. The van der Waals surface area contributed by atoms with E-state index < -0.39 is 0 Å². The Morgan fingerprint density at radius 1 is 0.909 bits per heavy atom. The molecule has 0 unspecified atom stereocenters. The van der Waals surface area contributed by atoms with E-state index in [1.165, 1.54) is 0 Å². The predicted molar refractivity (Wildman–Crippen MR) is 84.6 cm³/mol. The standard InChI is InChI=1S/C17H13ClN2O2/c18-11-7-5-10(6-8-11)9-20-15-14(19)16(21)12-3-1-2-4-13(12)17(15)22/h1-8,20H,9,19H2. The van der Waals surface area contributed by atoms with E-state index in [0.29, 0.717) is 22.7 Å². The Balaban J connectivity index is 1.87. The SMILES string of the molecule is NC1=C(NCc2ccc(Cl)cc2)C(=O)c2ccccc2C1=O. The van der Waals surface area contributed by atoms with Crippen molar-refractivity contribution in [1.82, 2.24) is 5.32 Å². The number of rotatable bonds is 3. The van der Waals surface area contributed by atoms with Crippen LogP contribution in [0.4, 0.5) is 0 Å². The molecular formula is C17H13ClN2O2. The van der Waals surface area contributed by atoms with E-state index in [-0.39, 0.29) is 23.0 Å². The van der Waals surface area contributed by atoms with E-state index in [4.69, 9.17) is 17.3 Å². The maximum Gasteiger partial charge on any atom is 0.211 e. The van der Waals surface area contributed by atoms with Crippen molar-refractivity contribution in [1.29, 1.82) is 0 Å². The molecule has 4 nitrogen and oxygen atoms in total. The number of benzene rings is 2. The fraction of sp³-hybridized carbons (Fsp3) is 0.0588. The molecule has 0 saturated carbocycles. The minimum atomic E-state index is -0.325. The fourth-order valence-electron chi connectivity index (χ4n) is 2.36. The number of halogens is 1. The van der Waals surface area contributed by atoms with Crippen LogP contribution in [0.25, 0.3) is 0 Å². The third kappa shape index (κ3) is 2.49. The third-order valence-electron chi connectivity index (χ3n) is 3.54. The van der Waals surface area contributed by atoms with Gasteiger partial charge in [-0.2, -0.15) is 0 Å². The number of Topliss-reactive ketones (excluding diaryl/α,β-unsaturated/α-hetero) is 2. The van der Waals surface area contributed by atoms with E-state index >= 15 is 0 Å². The molecule has 0 atom stereocenters. The molecule has 0 heterocycles. The summed E-state index contributed by atoms with van der Waals surface area (Å²) < 4.78 is 0. The zero-order valence-corrected chi connectivity index (χ0v) is 12.4. The van der Waals surface area contributed by atoms with Crippen LogP contribution in [0.1, 0.15) is 26.3 Å². The molecule has 0 bridgehead atoms. The average Bonchev–Trinajstić information content (AvgIpc) is 2.54. The number of fused-ring (bicyclic) bond motifs is 1. The van der Waals surface area contributed by atoms with E-state index in [0.717, 1.165) is 5.56 Å². The molecule has 0 spiro atoms. The highest BCUT2D eigenvalue weighted by Crippen LogP contribution is 2.22. The average molecular weight is 313 g/mol. The molecule has 0 amide bonds. The Hall–Kier alpha value is -2.59. The molecule has 2 aromatic rings. The van der Waals surface area contributed by atoms with Gasteiger partial charge < -0.3 is 11.1 Å². The van der Waals surface area contributed by atoms with Gasteiger partial charge >= 0.3 is 0 Å². The molecular weight excluding hydrogens is 300 g/mol. The summed E-state index contributed by atoms with van der Waals surface area (Å²) in [5.74, 6) is -0.588. The molecule has 22 heavy (non-hydrogen) atoms. The van der Waals surface area contributed by atoms with Gasteiger partial charge in [0.15, 0.2) is 0 Å². The van der Waals surface area contributed by atoms with Gasteiger partial charge in [0, 0.05) is 22.7 Å². The second-order valence-electron chi connectivity index (χ2n) is 4.97. The summed E-state index contributed by atoms with van der Waals surface area (Å²) in [6, 6.07) is 13.9. The monoisotopic (exact) mass is 312 g/mol. The summed E-state index contributed by atoms with van der Waals surface area (Å²) in [6.07, 6.45) is 0. The smallest absolute Gasteiger partial charge is 0.211 e. The fourth-order valence-corrected chi connectivity index (χ4v) is 2.49. The van der Waals surface area contributed by atoms with Gasteiger partial charge in [0.25, 0.3) is 0 Å². The predicted octanol–water partition coefficient (Wildman–Crippen LogP) is 2.68. The largest absolute Gasteiger partial charge is 0.394 e. The number of carbonyl (C=O) groups is 2. The molecule has 1 aliphatic carbocycles. The van der Waals surface area contributed by atoms with Crippen molar-refractivity contribution < 1.29 is 9.59 Å². The van der Waals surface area contributed by atoms with Crippen molar-refractivity contribution in [3.05, 3.63) is 81.6 Å². The number of nitrogens with two attached hydrogens (primary N) is 1. The quantitative estimate of drug-likeness (QED) is 0.914. The van der Waals surface area contributed by atoms with Crippen molar-refractivity contribution in [3.8, 4) is 0 Å². The molecule has 0 saturated heterocycles. The molecule has 1 aliphatic rings. The van der Waals surface area contributed by atoms with Crippen molar-refractivity contribution in [2.24, 2.45) is 5.73 Å². The second-order valence-corrected chi connectivity index (χ2v) is 5.41. The minimum Gasteiger partial charge on any atom is -0.394 e. The van der Waals surface area contributed by atoms with E-state index in [1.54, 1.807) is 36.4 Å². The summed E-state index contributed by atoms with van der Waals surface area (Å²) in [5, 5.41) is 3.61. The van der Waals surface area contributed by atoms with Crippen molar-refractivity contribution >= 4 is 23.2 Å². The summed E-state index contributed by atoms with van der Waals surface area (Å²) in [5.41, 5.74) is 7.61. The summed E-state index contributed by atoms with van der Waals surface area (Å²) in [7, 11) is 0. The van der Waals surface area contributed by atoms with Crippen LogP contribution in [0, 0.1) is 0 Å². The number of allylic oxidation sites excluding steroid dienone is 2. The van der Waals surface area contributed by atoms with E-state index in [2.05, 4.69) is 5.32 Å². The first-order chi connectivity index (χ1) is 10.6. The zero-order valence-electron chi connectivity index (χ0n) is 11.6. The number of carbonyl (C=O) groups excluding carboxylic acids is 2. The number of nitrogens with one attached hydrogen (secondary N) is 1. The first-order valence-corrected chi connectivity index (χ1v) is 7.12.